The molecule has 6 heteroatoms. The van der Waals surface area contributed by atoms with E-state index in [2.05, 4.69) is 10.3 Å². The third kappa shape index (κ3) is 3.58. The van der Waals surface area contributed by atoms with Crippen molar-refractivity contribution >= 4 is 22.8 Å². The number of aromatic carboxylic acids is 1. The number of hydrogen-bond acceptors (Lipinski definition) is 4. The summed E-state index contributed by atoms with van der Waals surface area (Å²) < 4.78 is 5.34. The standard InChI is InChI=1S/C19H16N2O4/c1-25-17-10-16(21-15-5-3-2-4-14(15)17)18(22)20-11-12-6-8-13(9-7-12)19(23)24/h2-10H,11H2,1H3,(H,20,22)(H,23,24). The van der Waals surface area contributed by atoms with Crippen LogP contribution in [-0.2, 0) is 6.54 Å². The predicted octanol–water partition coefficient (Wildman–Crippen LogP) is 2.87. The molecule has 2 N–H and O–H groups in total. The number of benzene rings is 2. The average Bonchev–Trinajstić information content (AvgIpc) is 2.65. The van der Waals surface area contributed by atoms with Gasteiger partial charge in [-0.1, -0.05) is 24.3 Å². The number of nitrogens with one attached hydrogen (secondary N) is 1. The normalized spacial score (nSPS) is 10.4. The lowest BCUT2D eigenvalue weighted by Crippen LogP contribution is -2.24. The van der Waals surface area contributed by atoms with Crippen LogP contribution in [0.1, 0.15) is 26.4 Å². The van der Waals surface area contributed by atoms with Crippen LogP contribution in [0.3, 0.4) is 0 Å². The largest absolute Gasteiger partial charge is 0.496 e. The van der Waals surface area contributed by atoms with Crippen molar-refractivity contribution in [1.82, 2.24) is 10.3 Å². The van der Waals surface area contributed by atoms with E-state index in [1.807, 2.05) is 24.3 Å². The van der Waals surface area contributed by atoms with Gasteiger partial charge in [-0.05, 0) is 29.8 Å². The fourth-order valence-electron chi connectivity index (χ4n) is 2.47. The van der Waals surface area contributed by atoms with Crippen molar-refractivity contribution in [1.29, 1.82) is 0 Å². The van der Waals surface area contributed by atoms with Crippen LogP contribution in [0.2, 0.25) is 0 Å². The number of fused-ring (bicyclic) bond motifs is 1. The molecule has 0 unspecified atom stereocenters. The Hall–Kier alpha value is -3.41. The lowest BCUT2D eigenvalue weighted by atomic mass is 10.1. The van der Waals surface area contributed by atoms with E-state index >= 15 is 0 Å². The zero-order chi connectivity index (χ0) is 17.8. The van der Waals surface area contributed by atoms with Crippen LogP contribution < -0.4 is 10.1 Å². The minimum Gasteiger partial charge on any atom is -0.496 e. The summed E-state index contributed by atoms with van der Waals surface area (Å²) in [6, 6.07) is 15.4. The molecule has 0 bridgehead atoms. The van der Waals surface area contributed by atoms with Gasteiger partial charge in [0.1, 0.15) is 11.4 Å². The summed E-state index contributed by atoms with van der Waals surface area (Å²) in [5.41, 5.74) is 1.94. The number of pyridine rings is 1. The Balaban J connectivity index is 1.77. The molecule has 0 aliphatic carbocycles. The first-order valence-corrected chi connectivity index (χ1v) is 7.62. The molecule has 0 aliphatic rings. The molecular weight excluding hydrogens is 320 g/mol. The van der Waals surface area contributed by atoms with Crippen LogP contribution in [0.5, 0.6) is 5.75 Å². The molecule has 2 aromatic carbocycles. The average molecular weight is 336 g/mol. The quantitative estimate of drug-likeness (QED) is 0.748. The minimum absolute atomic E-state index is 0.205. The Morgan fingerprint density at radius 1 is 1.12 bits per heavy atom. The van der Waals surface area contributed by atoms with Gasteiger partial charge in [0.05, 0.1) is 18.2 Å². The van der Waals surface area contributed by atoms with Crippen molar-refractivity contribution in [2.75, 3.05) is 7.11 Å². The third-order valence-electron chi connectivity index (χ3n) is 3.78. The van der Waals surface area contributed by atoms with Crippen LogP contribution in [0.4, 0.5) is 0 Å². The smallest absolute Gasteiger partial charge is 0.335 e. The highest BCUT2D eigenvalue weighted by Gasteiger charge is 2.12. The predicted molar refractivity (Wildman–Crippen MR) is 92.9 cm³/mol. The van der Waals surface area contributed by atoms with Gasteiger partial charge in [-0.25, -0.2) is 9.78 Å². The van der Waals surface area contributed by atoms with Crippen molar-refractivity contribution < 1.29 is 19.4 Å². The molecule has 0 radical (unpaired) electrons. The number of carbonyl (C=O) groups excluding carboxylic acids is 1. The van der Waals surface area contributed by atoms with E-state index in [1.54, 1.807) is 25.3 Å². The molecule has 3 aromatic rings. The van der Waals surface area contributed by atoms with Crippen molar-refractivity contribution in [3.05, 3.63) is 71.4 Å². The second-order valence-electron chi connectivity index (χ2n) is 5.41. The number of ether oxygens (including phenoxy) is 1. The van der Waals surface area contributed by atoms with Gasteiger partial charge in [0, 0.05) is 18.0 Å². The Morgan fingerprint density at radius 2 is 1.84 bits per heavy atom. The van der Waals surface area contributed by atoms with Gasteiger partial charge >= 0.3 is 5.97 Å². The summed E-state index contributed by atoms with van der Waals surface area (Å²) in [6.07, 6.45) is 0. The van der Waals surface area contributed by atoms with E-state index in [9.17, 15) is 9.59 Å². The van der Waals surface area contributed by atoms with Gasteiger partial charge in [-0.3, -0.25) is 4.79 Å². The number of carboxylic acid groups (broad SMARTS) is 1. The molecule has 0 saturated heterocycles. The molecule has 126 valence electrons. The number of carboxylic acids is 1. The van der Waals surface area contributed by atoms with Gasteiger partial charge in [0.15, 0.2) is 0 Å². The summed E-state index contributed by atoms with van der Waals surface area (Å²) in [5.74, 6) is -0.726. The van der Waals surface area contributed by atoms with Crippen LogP contribution in [0, 0.1) is 0 Å². The summed E-state index contributed by atoms with van der Waals surface area (Å²) in [7, 11) is 1.55. The first-order chi connectivity index (χ1) is 12.1. The first kappa shape index (κ1) is 16.4. The van der Waals surface area contributed by atoms with E-state index in [0.29, 0.717) is 11.3 Å². The van der Waals surface area contributed by atoms with E-state index in [1.165, 1.54) is 12.1 Å². The zero-order valence-electron chi connectivity index (χ0n) is 13.5. The maximum Gasteiger partial charge on any atom is 0.335 e. The Labute approximate surface area is 144 Å². The fraction of sp³-hybridized carbons (Fsp3) is 0.105. The molecule has 0 fully saturated rings. The fourth-order valence-corrected chi connectivity index (χ4v) is 2.47. The molecule has 6 nitrogen and oxygen atoms in total. The highest BCUT2D eigenvalue weighted by molar-refractivity contribution is 5.97. The number of amides is 1. The maximum absolute atomic E-state index is 12.4. The summed E-state index contributed by atoms with van der Waals surface area (Å²) in [5, 5.41) is 12.5. The first-order valence-electron chi connectivity index (χ1n) is 7.62. The molecular formula is C19H16N2O4. The molecule has 0 spiro atoms. The number of carbonyl (C=O) groups is 2. The van der Waals surface area contributed by atoms with Crippen molar-refractivity contribution in [2.24, 2.45) is 0 Å². The van der Waals surface area contributed by atoms with Gasteiger partial charge in [-0.15, -0.1) is 0 Å². The maximum atomic E-state index is 12.4. The van der Waals surface area contributed by atoms with Crippen LogP contribution in [0.15, 0.2) is 54.6 Å². The van der Waals surface area contributed by atoms with Crippen LogP contribution >= 0.6 is 0 Å². The van der Waals surface area contributed by atoms with E-state index in [-0.39, 0.29) is 23.7 Å². The van der Waals surface area contributed by atoms with Crippen molar-refractivity contribution in [2.45, 2.75) is 6.54 Å². The number of hydrogen-bond donors (Lipinski definition) is 2. The SMILES string of the molecule is COc1cc(C(=O)NCc2ccc(C(=O)O)cc2)nc2ccccc12. The highest BCUT2D eigenvalue weighted by atomic mass is 16.5. The monoisotopic (exact) mass is 336 g/mol. The Kier molecular flexibility index (Phi) is 4.61. The number of rotatable bonds is 5. The topological polar surface area (TPSA) is 88.5 Å². The van der Waals surface area contributed by atoms with Crippen LogP contribution in [-0.4, -0.2) is 29.1 Å². The molecule has 3 rings (SSSR count). The Morgan fingerprint density at radius 3 is 2.52 bits per heavy atom. The van der Waals surface area contributed by atoms with E-state index in [0.717, 1.165) is 10.9 Å². The molecule has 1 aromatic heterocycles. The molecule has 0 atom stereocenters. The molecule has 0 saturated carbocycles. The van der Waals surface area contributed by atoms with Crippen LogP contribution in [0.25, 0.3) is 10.9 Å². The Bertz CT molecular complexity index is 936. The summed E-state index contributed by atoms with van der Waals surface area (Å²) in [6.45, 7) is 0.273. The summed E-state index contributed by atoms with van der Waals surface area (Å²) in [4.78, 5) is 27.6. The van der Waals surface area contributed by atoms with Gasteiger partial charge in [0.2, 0.25) is 0 Å². The number of nitrogens with zero attached hydrogens (tertiary/aromatic N) is 1. The summed E-state index contributed by atoms with van der Waals surface area (Å²) >= 11 is 0. The lowest BCUT2D eigenvalue weighted by Gasteiger charge is -2.09. The number of para-hydroxylation sites is 1. The van der Waals surface area contributed by atoms with Crippen molar-refractivity contribution in [3.8, 4) is 5.75 Å². The molecule has 25 heavy (non-hydrogen) atoms. The highest BCUT2D eigenvalue weighted by Crippen LogP contribution is 2.24. The van der Waals surface area contributed by atoms with E-state index < -0.39 is 5.97 Å². The van der Waals surface area contributed by atoms with Crippen molar-refractivity contribution in [3.63, 3.8) is 0 Å². The second kappa shape index (κ2) is 7.00. The minimum atomic E-state index is -0.983. The second-order valence-corrected chi connectivity index (χ2v) is 5.41. The zero-order valence-corrected chi connectivity index (χ0v) is 13.5. The number of methoxy groups -OCH3 is 1. The molecule has 1 amide bonds. The van der Waals surface area contributed by atoms with Gasteiger partial charge in [0.25, 0.3) is 5.91 Å². The molecule has 1 heterocycles. The van der Waals surface area contributed by atoms with E-state index in [4.69, 9.17) is 9.84 Å². The lowest BCUT2D eigenvalue weighted by molar-refractivity contribution is 0.0696. The number of aromatic nitrogens is 1. The molecule has 0 aliphatic heterocycles. The van der Waals surface area contributed by atoms with Gasteiger partial charge in [-0.2, -0.15) is 0 Å². The third-order valence-corrected chi connectivity index (χ3v) is 3.78. The van der Waals surface area contributed by atoms with Gasteiger partial charge < -0.3 is 15.2 Å².